The third-order valence-electron chi connectivity index (χ3n) is 3.64. The lowest BCUT2D eigenvalue weighted by Crippen LogP contribution is -2.46. The highest BCUT2D eigenvalue weighted by Gasteiger charge is 2.31. The SMILES string of the molecule is CCCNC1CCCN(c2cccc(C(F)(F)F)c2)C1. The van der Waals surface area contributed by atoms with Crippen LogP contribution in [-0.2, 0) is 6.18 Å². The fourth-order valence-corrected chi connectivity index (χ4v) is 2.61. The van der Waals surface area contributed by atoms with Crippen LogP contribution in [0, 0.1) is 0 Å². The molecule has 1 aromatic carbocycles. The third-order valence-corrected chi connectivity index (χ3v) is 3.64. The Morgan fingerprint density at radius 1 is 1.35 bits per heavy atom. The fourth-order valence-electron chi connectivity index (χ4n) is 2.61. The Morgan fingerprint density at radius 2 is 2.15 bits per heavy atom. The maximum absolute atomic E-state index is 12.7. The molecule has 2 nitrogen and oxygen atoms in total. The van der Waals surface area contributed by atoms with Crippen LogP contribution >= 0.6 is 0 Å². The number of nitrogens with zero attached hydrogens (tertiary/aromatic N) is 1. The van der Waals surface area contributed by atoms with Gasteiger partial charge in [-0.15, -0.1) is 0 Å². The second kappa shape index (κ2) is 6.48. The van der Waals surface area contributed by atoms with Gasteiger partial charge in [0.2, 0.25) is 0 Å². The van der Waals surface area contributed by atoms with Gasteiger partial charge in [-0.25, -0.2) is 0 Å². The molecule has 1 aliphatic rings. The lowest BCUT2D eigenvalue weighted by molar-refractivity contribution is -0.137. The fraction of sp³-hybridized carbons (Fsp3) is 0.600. The maximum atomic E-state index is 12.7. The molecule has 1 fully saturated rings. The highest BCUT2D eigenvalue weighted by molar-refractivity contribution is 5.49. The second-order valence-corrected chi connectivity index (χ2v) is 5.29. The smallest absolute Gasteiger partial charge is 0.370 e. The van der Waals surface area contributed by atoms with Crippen molar-refractivity contribution in [2.75, 3.05) is 24.5 Å². The molecule has 1 atom stereocenters. The van der Waals surface area contributed by atoms with Gasteiger partial charge in [0, 0.05) is 24.8 Å². The summed E-state index contributed by atoms with van der Waals surface area (Å²) in [6.45, 7) is 4.68. The third kappa shape index (κ3) is 3.88. The average molecular weight is 286 g/mol. The van der Waals surface area contributed by atoms with Crippen molar-refractivity contribution in [2.24, 2.45) is 0 Å². The molecule has 0 saturated carbocycles. The van der Waals surface area contributed by atoms with E-state index in [9.17, 15) is 13.2 Å². The van der Waals surface area contributed by atoms with Crippen molar-refractivity contribution in [3.8, 4) is 0 Å². The van der Waals surface area contributed by atoms with E-state index in [2.05, 4.69) is 12.2 Å². The van der Waals surface area contributed by atoms with Crippen molar-refractivity contribution < 1.29 is 13.2 Å². The Morgan fingerprint density at radius 3 is 2.85 bits per heavy atom. The molecule has 0 radical (unpaired) electrons. The minimum Gasteiger partial charge on any atom is -0.370 e. The molecular weight excluding hydrogens is 265 g/mol. The molecule has 0 spiro atoms. The van der Waals surface area contributed by atoms with Crippen molar-refractivity contribution in [1.82, 2.24) is 5.32 Å². The number of anilines is 1. The van der Waals surface area contributed by atoms with Gasteiger partial charge in [0.15, 0.2) is 0 Å². The number of rotatable bonds is 4. The van der Waals surface area contributed by atoms with Crippen molar-refractivity contribution in [1.29, 1.82) is 0 Å². The van der Waals surface area contributed by atoms with Gasteiger partial charge in [0.05, 0.1) is 5.56 Å². The number of piperidine rings is 1. The van der Waals surface area contributed by atoms with E-state index >= 15 is 0 Å². The number of alkyl halides is 3. The van der Waals surface area contributed by atoms with Gasteiger partial charge in [-0.1, -0.05) is 13.0 Å². The molecule has 2 rings (SSSR count). The molecule has 1 aliphatic heterocycles. The lowest BCUT2D eigenvalue weighted by Gasteiger charge is -2.35. The monoisotopic (exact) mass is 286 g/mol. The molecule has 1 aromatic rings. The van der Waals surface area contributed by atoms with E-state index in [4.69, 9.17) is 0 Å². The number of benzene rings is 1. The number of hydrogen-bond donors (Lipinski definition) is 1. The molecule has 1 heterocycles. The summed E-state index contributed by atoms with van der Waals surface area (Å²) >= 11 is 0. The predicted molar refractivity (Wildman–Crippen MR) is 75.0 cm³/mol. The zero-order chi connectivity index (χ0) is 14.6. The predicted octanol–water partition coefficient (Wildman–Crippen LogP) is 3.67. The van der Waals surface area contributed by atoms with Crippen molar-refractivity contribution >= 4 is 5.69 Å². The Bertz CT molecular complexity index is 431. The minimum absolute atomic E-state index is 0.373. The largest absolute Gasteiger partial charge is 0.416 e. The number of nitrogens with one attached hydrogen (secondary N) is 1. The van der Waals surface area contributed by atoms with Crippen molar-refractivity contribution in [3.63, 3.8) is 0 Å². The Kier molecular flexibility index (Phi) is 4.91. The molecule has 0 aromatic heterocycles. The van der Waals surface area contributed by atoms with Gasteiger partial charge in [-0.2, -0.15) is 13.2 Å². The average Bonchev–Trinajstić information content (AvgIpc) is 2.45. The van der Waals surface area contributed by atoms with Gasteiger partial charge >= 0.3 is 6.18 Å². The first-order chi connectivity index (χ1) is 9.50. The summed E-state index contributed by atoms with van der Waals surface area (Å²) in [7, 11) is 0. The van der Waals surface area contributed by atoms with Crippen LogP contribution in [0.2, 0.25) is 0 Å². The highest BCUT2D eigenvalue weighted by Crippen LogP contribution is 2.32. The Labute approximate surface area is 118 Å². The molecule has 1 saturated heterocycles. The Hall–Kier alpha value is -1.23. The Balaban J connectivity index is 2.07. The molecule has 1 unspecified atom stereocenters. The summed E-state index contributed by atoms with van der Waals surface area (Å²) in [5, 5.41) is 3.45. The van der Waals surface area contributed by atoms with Crippen LogP contribution in [0.5, 0.6) is 0 Å². The summed E-state index contributed by atoms with van der Waals surface area (Å²) < 4.78 is 38.2. The van der Waals surface area contributed by atoms with Crippen LogP contribution in [0.15, 0.2) is 24.3 Å². The van der Waals surface area contributed by atoms with Crippen LogP contribution in [0.25, 0.3) is 0 Å². The molecule has 1 N–H and O–H groups in total. The topological polar surface area (TPSA) is 15.3 Å². The molecule has 20 heavy (non-hydrogen) atoms. The zero-order valence-corrected chi connectivity index (χ0v) is 11.7. The summed E-state index contributed by atoms with van der Waals surface area (Å²) in [4.78, 5) is 2.05. The quantitative estimate of drug-likeness (QED) is 0.908. The maximum Gasteiger partial charge on any atom is 0.416 e. The van der Waals surface area contributed by atoms with Crippen LogP contribution in [0.4, 0.5) is 18.9 Å². The van der Waals surface area contributed by atoms with Gasteiger partial charge in [0.25, 0.3) is 0 Å². The second-order valence-electron chi connectivity index (χ2n) is 5.29. The highest BCUT2D eigenvalue weighted by atomic mass is 19.4. The van der Waals surface area contributed by atoms with Crippen LogP contribution in [0.1, 0.15) is 31.7 Å². The zero-order valence-electron chi connectivity index (χ0n) is 11.7. The summed E-state index contributed by atoms with van der Waals surface area (Å²) in [6.07, 6.45) is -1.10. The lowest BCUT2D eigenvalue weighted by atomic mass is 10.0. The van der Waals surface area contributed by atoms with Gasteiger partial charge in [-0.05, 0) is 44.0 Å². The molecule has 112 valence electrons. The van der Waals surface area contributed by atoms with E-state index in [1.54, 1.807) is 6.07 Å². The van der Waals surface area contributed by atoms with Crippen LogP contribution < -0.4 is 10.2 Å². The molecule has 5 heteroatoms. The summed E-state index contributed by atoms with van der Waals surface area (Å²) in [5.41, 5.74) is 0.0986. The minimum atomic E-state index is -4.27. The normalized spacial score (nSPS) is 20.2. The van der Waals surface area contributed by atoms with E-state index < -0.39 is 11.7 Å². The molecular formula is C15H21F3N2. The first-order valence-corrected chi connectivity index (χ1v) is 7.16. The van der Waals surface area contributed by atoms with Crippen molar-refractivity contribution in [2.45, 2.75) is 38.4 Å². The molecule has 0 amide bonds. The van der Waals surface area contributed by atoms with Gasteiger partial charge in [-0.3, -0.25) is 0 Å². The molecule has 0 bridgehead atoms. The summed E-state index contributed by atoms with van der Waals surface area (Å²) in [5.74, 6) is 0. The van der Waals surface area contributed by atoms with Gasteiger partial charge < -0.3 is 10.2 Å². The van der Waals surface area contributed by atoms with E-state index in [1.165, 1.54) is 12.1 Å². The van der Waals surface area contributed by atoms with E-state index in [1.807, 2.05) is 4.90 Å². The number of hydrogen-bond acceptors (Lipinski definition) is 2. The first kappa shape index (κ1) is 15.2. The van der Waals surface area contributed by atoms with E-state index in [0.29, 0.717) is 11.7 Å². The van der Waals surface area contributed by atoms with Gasteiger partial charge in [0.1, 0.15) is 0 Å². The standard InChI is InChI=1S/C15H21F3N2/c1-2-8-19-13-6-4-9-20(11-13)14-7-3-5-12(10-14)15(16,17)18/h3,5,7,10,13,19H,2,4,6,8-9,11H2,1H3. The van der Waals surface area contributed by atoms with Crippen molar-refractivity contribution in [3.05, 3.63) is 29.8 Å². The van der Waals surface area contributed by atoms with Crippen LogP contribution in [0.3, 0.4) is 0 Å². The van der Waals surface area contributed by atoms with E-state index in [0.717, 1.165) is 45.0 Å². The van der Waals surface area contributed by atoms with E-state index in [-0.39, 0.29) is 0 Å². The van der Waals surface area contributed by atoms with Crippen LogP contribution in [-0.4, -0.2) is 25.7 Å². The molecule has 0 aliphatic carbocycles. The summed E-state index contributed by atoms with van der Waals surface area (Å²) in [6, 6.07) is 6.00. The first-order valence-electron chi connectivity index (χ1n) is 7.16. The number of halogens is 3.